The highest BCUT2D eigenvalue weighted by atomic mass is 16.3. The number of nitrogens with zero attached hydrogens (tertiary/aromatic N) is 1. The maximum Gasteiger partial charge on any atom is 0.198 e. The van der Waals surface area contributed by atoms with Crippen LogP contribution in [0.5, 0.6) is 0 Å². The molecular weight excluding hydrogens is 200 g/mol. The fourth-order valence-corrected chi connectivity index (χ4v) is 1.57. The van der Waals surface area contributed by atoms with E-state index in [1.807, 2.05) is 7.05 Å². The summed E-state index contributed by atoms with van der Waals surface area (Å²) in [7, 11) is 1.90. The van der Waals surface area contributed by atoms with Crippen LogP contribution in [0.25, 0.3) is 0 Å². The topological polar surface area (TPSA) is 38.1 Å². The van der Waals surface area contributed by atoms with Crippen LogP contribution in [-0.2, 0) is 13.0 Å². The zero-order valence-electron chi connectivity index (χ0n) is 9.66. The van der Waals surface area contributed by atoms with E-state index < -0.39 is 0 Å². The lowest BCUT2D eigenvalue weighted by Gasteiger charge is -1.97. The molecule has 0 radical (unpaired) electrons. The van der Waals surface area contributed by atoms with Crippen LogP contribution in [0.4, 0.5) is 0 Å². The van der Waals surface area contributed by atoms with Gasteiger partial charge in [-0.15, -0.1) is 0 Å². The second-order valence-corrected chi connectivity index (χ2v) is 3.93. The van der Waals surface area contributed by atoms with Gasteiger partial charge in [-0.25, -0.2) is 4.98 Å². The standard InChI is InChI=1S/C13H16N2O/c1-10-3-5-11(6-4-10)7-13-15-12(8-14-2)9-16-13/h3-6,9,14H,7-8H2,1-2H3. The quantitative estimate of drug-likeness (QED) is 0.852. The zero-order valence-corrected chi connectivity index (χ0v) is 9.66. The molecule has 3 nitrogen and oxygen atoms in total. The molecule has 2 aromatic rings. The number of rotatable bonds is 4. The Labute approximate surface area is 95.5 Å². The van der Waals surface area contributed by atoms with Crippen molar-refractivity contribution in [1.82, 2.24) is 10.3 Å². The summed E-state index contributed by atoms with van der Waals surface area (Å²) in [5, 5.41) is 3.05. The lowest BCUT2D eigenvalue weighted by atomic mass is 10.1. The summed E-state index contributed by atoms with van der Waals surface area (Å²) in [5.74, 6) is 0.772. The van der Waals surface area contributed by atoms with Crippen LogP contribution in [-0.4, -0.2) is 12.0 Å². The van der Waals surface area contributed by atoms with Crippen LogP contribution in [0.1, 0.15) is 22.7 Å². The summed E-state index contributed by atoms with van der Waals surface area (Å²) >= 11 is 0. The lowest BCUT2D eigenvalue weighted by Crippen LogP contribution is -2.05. The Hall–Kier alpha value is -1.61. The van der Waals surface area contributed by atoms with E-state index in [1.54, 1.807) is 6.26 Å². The van der Waals surface area contributed by atoms with E-state index in [0.717, 1.165) is 24.6 Å². The second-order valence-electron chi connectivity index (χ2n) is 3.93. The predicted octanol–water partition coefficient (Wildman–Crippen LogP) is 2.29. The minimum Gasteiger partial charge on any atom is -0.448 e. The summed E-state index contributed by atoms with van der Waals surface area (Å²) in [6.45, 7) is 2.83. The minimum atomic E-state index is 0.747. The average Bonchev–Trinajstić information content (AvgIpc) is 2.70. The van der Waals surface area contributed by atoms with Crippen LogP contribution >= 0.6 is 0 Å². The summed E-state index contributed by atoms with van der Waals surface area (Å²) in [6, 6.07) is 8.42. The van der Waals surface area contributed by atoms with Crippen LogP contribution in [0.2, 0.25) is 0 Å². The molecule has 84 valence electrons. The zero-order chi connectivity index (χ0) is 11.4. The summed E-state index contributed by atoms with van der Waals surface area (Å²) in [6.07, 6.45) is 2.46. The third kappa shape index (κ3) is 2.70. The Morgan fingerprint density at radius 1 is 1.25 bits per heavy atom. The number of aromatic nitrogens is 1. The SMILES string of the molecule is CNCc1coc(Cc2ccc(C)cc2)n1. The average molecular weight is 216 g/mol. The smallest absolute Gasteiger partial charge is 0.198 e. The number of nitrogens with one attached hydrogen (secondary N) is 1. The normalized spacial score (nSPS) is 10.6. The third-order valence-corrected chi connectivity index (χ3v) is 2.43. The van der Waals surface area contributed by atoms with Crippen LogP contribution in [0, 0.1) is 6.92 Å². The molecule has 0 aliphatic rings. The highest BCUT2D eigenvalue weighted by Crippen LogP contribution is 2.10. The molecule has 1 aromatic heterocycles. The molecule has 0 spiro atoms. The van der Waals surface area contributed by atoms with Crippen molar-refractivity contribution < 1.29 is 4.42 Å². The molecule has 16 heavy (non-hydrogen) atoms. The van der Waals surface area contributed by atoms with Crippen molar-refractivity contribution in [3.05, 3.63) is 53.2 Å². The fourth-order valence-electron chi connectivity index (χ4n) is 1.57. The molecule has 2 rings (SSSR count). The molecule has 0 atom stereocenters. The van der Waals surface area contributed by atoms with Crippen molar-refractivity contribution >= 4 is 0 Å². The molecule has 3 heteroatoms. The maximum absolute atomic E-state index is 5.40. The monoisotopic (exact) mass is 216 g/mol. The van der Waals surface area contributed by atoms with Gasteiger partial charge in [0.25, 0.3) is 0 Å². The lowest BCUT2D eigenvalue weighted by molar-refractivity contribution is 0.506. The van der Waals surface area contributed by atoms with Gasteiger partial charge in [-0.05, 0) is 19.5 Å². The molecule has 0 bridgehead atoms. The number of benzene rings is 1. The number of aryl methyl sites for hydroxylation is 1. The Balaban J connectivity index is 2.05. The Bertz CT molecular complexity index is 445. The van der Waals surface area contributed by atoms with Crippen molar-refractivity contribution in [3.8, 4) is 0 Å². The first-order valence-electron chi connectivity index (χ1n) is 5.41. The van der Waals surface area contributed by atoms with Gasteiger partial charge in [0, 0.05) is 13.0 Å². The Morgan fingerprint density at radius 2 is 2.00 bits per heavy atom. The Kier molecular flexibility index (Phi) is 3.37. The van der Waals surface area contributed by atoms with E-state index >= 15 is 0 Å². The number of hydrogen-bond acceptors (Lipinski definition) is 3. The van der Waals surface area contributed by atoms with E-state index in [4.69, 9.17) is 4.42 Å². The molecule has 0 aliphatic carbocycles. The molecule has 1 N–H and O–H groups in total. The van der Waals surface area contributed by atoms with Gasteiger partial charge < -0.3 is 9.73 Å². The van der Waals surface area contributed by atoms with Crippen molar-refractivity contribution in [2.24, 2.45) is 0 Å². The molecule has 0 saturated heterocycles. The minimum absolute atomic E-state index is 0.747. The van der Waals surface area contributed by atoms with Crippen molar-refractivity contribution in [2.45, 2.75) is 19.9 Å². The van der Waals surface area contributed by atoms with Gasteiger partial charge >= 0.3 is 0 Å². The van der Waals surface area contributed by atoms with E-state index in [1.165, 1.54) is 11.1 Å². The highest BCUT2D eigenvalue weighted by molar-refractivity contribution is 5.23. The summed E-state index contributed by atoms with van der Waals surface area (Å²) in [4.78, 5) is 4.39. The van der Waals surface area contributed by atoms with Crippen molar-refractivity contribution in [3.63, 3.8) is 0 Å². The first-order valence-corrected chi connectivity index (χ1v) is 5.41. The fraction of sp³-hybridized carbons (Fsp3) is 0.308. The Morgan fingerprint density at radius 3 is 2.69 bits per heavy atom. The van der Waals surface area contributed by atoms with Gasteiger partial charge in [0.2, 0.25) is 0 Å². The van der Waals surface area contributed by atoms with Crippen molar-refractivity contribution in [2.75, 3.05) is 7.05 Å². The maximum atomic E-state index is 5.40. The molecule has 1 aromatic carbocycles. The molecule has 0 fully saturated rings. The first-order chi connectivity index (χ1) is 7.78. The van der Waals surface area contributed by atoms with Gasteiger partial charge in [0.1, 0.15) is 6.26 Å². The molecule has 0 amide bonds. The number of oxazole rings is 1. The van der Waals surface area contributed by atoms with Gasteiger partial charge in [0.05, 0.1) is 5.69 Å². The van der Waals surface area contributed by atoms with Gasteiger partial charge in [0.15, 0.2) is 5.89 Å². The van der Waals surface area contributed by atoms with Crippen molar-refractivity contribution in [1.29, 1.82) is 0 Å². The molecule has 0 saturated carbocycles. The molecule has 0 unspecified atom stereocenters. The first kappa shape index (κ1) is 10.9. The van der Waals surface area contributed by atoms with E-state index in [9.17, 15) is 0 Å². The summed E-state index contributed by atoms with van der Waals surface area (Å²) in [5.41, 5.74) is 3.44. The second kappa shape index (κ2) is 4.94. The van der Waals surface area contributed by atoms with E-state index in [0.29, 0.717) is 0 Å². The van der Waals surface area contributed by atoms with Gasteiger partial charge in [-0.3, -0.25) is 0 Å². The van der Waals surface area contributed by atoms with Crippen LogP contribution in [0.15, 0.2) is 34.9 Å². The number of hydrogen-bond donors (Lipinski definition) is 1. The van der Waals surface area contributed by atoms with Crippen LogP contribution in [0.3, 0.4) is 0 Å². The third-order valence-electron chi connectivity index (χ3n) is 2.43. The predicted molar refractivity (Wildman–Crippen MR) is 63.3 cm³/mol. The molecule has 1 heterocycles. The molecular formula is C13H16N2O. The largest absolute Gasteiger partial charge is 0.448 e. The highest BCUT2D eigenvalue weighted by Gasteiger charge is 2.04. The van der Waals surface area contributed by atoms with Crippen LogP contribution < -0.4 is 5.32 Å². The van der Waals surface area contributed by atoms with E-state index in [2.05, 4.69) is 41.5 Å². The van der Waals surface area contributed by atoms with Gasteiger partial charge in [-0.1, -0.05) is 29.8 Å². The molecule has 0 aliphatic heterocycles. The summed E-state index contributed by atoms with van der Waals surface area (Å²) < 4.78 is 5.40. The van der Waals surface area contributed by atoms with Gasteiger partial charge in [-0.2, -0.15) is 0 Å². The van der Waals surface area contributed by atoms with E-state index in [-0.39, 0.29) is 0 Å².